The molecule has 1 saturated carbocycles. The quantitative estimate of drug-likeness (QED) is 0.321. The zero-order valence-electron chi connectivity index (χ0n) is 19.5. The van der Waals surface area contributed by atoms with Crippen LogP contribution in [-0.4, -0.2) is 26.6 Å². The van der Waals surface area contributed by atoms with Crippen molar-refractivity contribution >= 4 is 50.5 Å². The van der Waals surface area contributed by atoms with Gasteiger partial charge >= 0.3 is 0 Å². The number of aliphatic imine (C=N–C) groups is 1. The third-order valence-electron chi connectivity index (χ3n) is 6.60. The molecule has 1 aromatic heterocycles. The molecule has 1 aliphatic heterocycles. The highest BCUT2D eigenvalue weighted by Crippen LogP contribution is 2.39. The molecule has 0 N–H and O–H groups in total. The van der Waals surface area contributed by atoms with E-state index in [1.807, 2.05) is 41.3 Å². The summed E-state index contributed by atoms with van der Waals surface area (Å²) in [6.07, 6.45) is 7.74. The van der Waals surface area contributed by atoms with Crippen LogP contribution in [0.1, 0.15) is 49.1 Å². The van der Waals surface area contributed by atoms with Crippen LogP contribution in [0.2, 0.25) is 0 Å². The van der Waals surface area contributed by atoms with E-state index in [1.54, 1.807) is 0 Å². The maximum atomic E-state index is 13.7. The zero-order chi connectivity index (χ0) is 23.7. The van der Waals surface area contributed by atoms with Gasteiger partial charge in [-0.05, 0) is 92.6 Å². The van der Waals surface area contributed by atoms with Gasteiger partial charge < -0.3 is 4.57 Å². The number of carbonyl (C=O) groups excluding carboxylic acids is 1. The first-order valence-electron chi connectivity index (χ1n) is 11.8. The molecule has 0 atom stereocenters. The predicted molar refractivity (Wildman–Crippen MR) is 146 cm³/mol. The summed E-state index contributed by atoms with van der Waals surface area (Å²) in [5.41, 5.74) is 5.33. The number of amidine groups is 1. The van der Waals surface area contributed by atoms with Gasteiger partial charge in [0, 0.05) is 27.6 Å². The standard InChI is InChI=1S/C28H28BrN3OS/c1-19-17-21(20(2)31(19)25-15-13-22(29)14-16-25)18-26-27(33)32(24-11-7-4-8-12-24)28(34-26)30-23-9-5-3-6-10-23/h3,5-6,9-10,13-18,24H,4,7-8,11-12H2,1-2H3/b26-18-,30-28?. The summed E-state index contributed by atoms with van der Waals surface area (Å²) < 4.78 is 3.29. The van der Waals surface area contributed by atoms with Crippen molar-refractivity contribution < 1.29 is 4.79 Å². The third kappa shape index (κ3) is 4.66. The lowest BCUT2D eigenvalue weighted by atomic mass is 9.94. The smallest absolute Gasteiger partial charge is 0.267 e. The van der Waals surface area contributed by atoms with Gasteiger partial charge in [-0.3, -0.25) is 9.69 Å². The SMILES string of the molecule is Cc1cc(/C=C2\SC(=Nc3ccccc3)N(C3CCCCC3)C2=O)c(C)n1-c1ccc(Br)cc1. The number of para-hydroxylation sites is 1. The van der Waals surface area contributed by atoms with Crippen LogP contribution in [0.4, 0.5) is 5.69 Å². The number of aryl methyl sites for hydroxylation is 1. The Labute approximate surface area is 213 Å². The van der Waals surface area contributed by atoms with E-state index in [0.717, 1.165) is 55.7 Å². The van der Waals surface area contributed by atoms with E-state index in [1.165, 1.54) is 31.0 Å². The Kier molecular flexibility index (Phi) is 6.79. The van der Waals surface area contributed by atoms with Crippen LogP contribution in [0.5, 0.6) is 0 Å². The number of amides is 1. The minimum Gasteiger partial charge on any atom is -0.318 e. The highest BCUT2D eigenvalue weighted by Gasteiger charge is 2.38. The van der Waals surface area contributed by atoms with Crippen molar-refractivity contribution in [3.8, 4) is 5.69 Å². The number of halogens is 1. The Morgan fingerprint density at radius 2 is 1.71 bits per heavy atom. The van der Waals surface area contributed by atoms with Crippen molar-refractivity contribution in [1.82, 2.24) is 9.47 Å². The van der Waals surface area contributed by atoms with Gasteiger partial charge in [-0.2, -0.15) is 0 Å². The van der Waals surface area contributed by atoms with Crippen molar-refractivity contribution in [2.45, 2.75) is 52.0 Å². The molecular formula is C28H28BrN3OS. The Hall–Kier alpha value is -2.57. The largest absolute Gasteiger partial charge is 0.318 e. The van der Waals surface area contributed by atoms with Gasteiger partial charge in [-0.1, -0.05) is 53.4 Å². The molecule has 1 aliphatic carbocycles. The van der Waals surface area contributed by atoms with Gasteiger partial charge in [0.15, 0.2) is 5.17 Å². The van der Waals surface area contributed by atoms with E-state index in [2.05, 4.69) is 64.7 Å². The van der Waals surface area contributed by atoms with Gasteiger partial charge in [0.1, 0.15) is 0 Å². The number of hydrogen-bond acceptors (Lipinski definition) is 3. The molecule has 1 amide bonds. The molecule has 174 valence electrons. The van der Waals surface area contributed by atoms with Crippen molar-refractivity contribution in [1.29, 1.82) is 0 Å². The number of rotatable bonds is 4. The number of carbonyl (C=O) groups is 1. The molecule has 1 saturated heterocycles. The Bertz CT molecular complexity index is 1250. The average Bonchev–Trinajstić information content (AvgIpc) is 3.30. The summed E-state index contributed by atoms with van der Waals surface area (Å²) in [6.45, 7) is 4.22. The van der Waals surface area contributed by atoms with Gasteiger partial charge in [0.2, 0.25) is 0 Å². The van der Waals surface area contributed by atoms with Gasteiger partial charge in [-0.25, -0.2) is 4.99 Å². The minimum absolute atomic E-state index is 0.0834. The van der Waals surface area contributed by atoms with Crippen LogP contribution in [-0.2, 0) is 4.79 Å². The lowest BCUT2D eigenvalue weighted by molar-refractivity contribution is -0.124. The van der Waals surface area contributed by atoms with Gasteiger partial charge in [0.05, 0.1) is 10.6 Å². The lowest BCUT2D eigenvalue weighted by Crippen LogP contribution is -2.40. The normalized spacial score (nSPS) is 19.5. The first kappa shape index (κ1) is 23.2. The number of thioether (sulfide) groups is 1. The molecule has 6 heteroatoms. The highest BCUT2D eigenvalue weighted by molar-refractivity contribution is 9.10. The maximum Gasteiger partial charge on any atom is 0.267 e. The molecule has 3 aromatic rings. The molecule has 4 nitrogen and oxygen atoms in total. The molecule has 5 rings (SSSR count). The van der Waals surface area contributed by atoms with Crippen LogP contribution < -0.4 is 0 Å². The van der Waals surface area contributed by atoms with E-state index in [-0.39, 0.29) is 11.9 Å². The van der Waals surface area contributed by atoms with Crippen molar-refractivity contribution in [2.75, 3.05) is 0 Å². The van der Waals surface area contributed by atoms with E-state index >= 15 is 0 Å². The fourth-order valence-electron chi connectivity index (χ4n) is 4.90. The second-order valence-corrected chi connectivity index (χ2v) is 10.9. The van der Waals surface area contributed by atoms with Crippen LogP contribution in [0.3, 0.4) is 0 Å². The van der Waals surface area contributed by atoms with Gasteiger partial charge in [-0.15, -0.1) is 0 Å². The molecule has 0 unspecified atom stereocenters. The molecule has 2 heterocycles. The van der Waals surface area contributed by atoms with Crippen molar-refractivity contribution in [2.24, 2.45) is 4.99 Å². The monoisotopic (exact) mass is 533 g/mol. The third-order valence-corrected chi connectivity index (χ3v) is 8.11. The number of hydrogen-bond donors (Lipinski definition) is 0. The Morgan fingerprint density at radius 1 is 1.00 bits per heavy atom. The zero-order valence-corrected chi connectivity index (χ0v) is 21.9. The first-order valence-corrected chi connectivity index (χ1v) is 13.4. The molecule has 2 aromatic carbocycles. The van der Waals surface area contributed by atoms with E-state index in [4.69, 9.17) is 4.99 Å². The molecular weight excluding hydrogens is 506 g/mol. The second-order valence-electron chi connectivity index (χ2n) is 8.95. The van der Waals surface area contributed by atoms with Gasteiger partial charge in [0.25, 0.3) is 5.91 Å². The number of benzene rings is 2. The van der Waals surface area contributed by atoms with Crippen LogP contribution in [0, 0.1) is 13.8 Å². The highest BCUT2D eigenvalue weighted by atomic mass is 79.9. The Morgan fingerprint density at radius 3 is 2.41 bits per heavy atom. The first-order chi connectivity index (χ1) is 16.5. The molecule has 34 heavy (non-hydrogen) atoms. The molecule has 0 bridgehead atoms. The van der Waals surface area contributed by atoms with Crippen LogP contribution in [0.15, 0.2) is 75.0 Å². The summed E-state index contributed by atoms with van der Waals surface area (Å²) in [7, 11) is 0. The van der Waals surface area contributed by atoms with Crippen molar-refractivity contribution in [3.63, 3.8) is 0 Å². The lowest BCUT2D eigenvalue weighted by Gasteiger charge is -2.30. The maximum absolute atomic E-state index is 13.7. The second kappa shape index (κ2) is 9.96. The van der Waals surface area contributed by atoms with Crippen LogP contribution >= 0.6 is 27.7 Å². The van der Waals surface area contributed by atoms with E-state index in [9.17, 15) is 4.79 Å². The summed E-state index contributed by atoms with van der Waals surface area (Å²) >= 11 is 5.02. The molecule has 2 fully saturated rings. The fourth-order valence-corrected chi connectivity index (χ4v) is 6.22. The number of aromatic nitrogens is 1. The number of nitrogens with zero attached hydrogens (tertiary/aromatic N) is 3. The van der Waals surface area contributed by atoms with E-state index in [0.29, 0.717) is 0 Å². The average molecular weight is 535 g/mol. The van der Waals surface area contributed by atoms with E-state index < -0.39 is 0 Å². The van der Waals surface area contributed by atoms with Crippen molar-refractivity contribution in [3.05, 3.63) is 87.0 Å². The van der Waals surface area contributed by atoms with Crippen LogP contribution in [0.25, 0.3) is 11.8 Å². The fraction of sp³-hybridized carbons (Fsp3) is 0.286. The summed E-state index contributed by atoms with van der Waals surface area (Å²) in [6, 6.07) is 20.6. The predicted octanol–water partition coefficient (Wildman–Crippen LogP) is 7.79. The molecule has 2 aliphatic rings. The summed E-state index contributed by atoms with van der Waals surface area (Å²) in [5.74, 6) is 0.0834. The summed E-state index contributed by atoms with van der Waals surface area (Å²) in [4.78, 5) is 21.3. The minimum atomic E-state index is 0.0834. The molecule has 0 radical (unpaired) electrons. The topological polar surface area (TPSA) is 37.6 Å². The summed E-state index contributed by atoms with van der Waals surface area (Å²) in [5, 5.41) is 0.802. The molecule has 0 spiro atoms. The Balaban J connectivity index is 1.52.